The summed E-state index contributed by atoms with van der Waals surface area (Å²) in [6.45, 7) is 4.47. The molecule has 1 aromatic heterocycles. The van der Waals surface area contributed by atoms with Gasteiger partial charge in [-0.1, -0.05) is 0 Å². The normalized spacial score (nSPS) is 11.1. The minimum absolute atomic E-state index is 0.312. The molecular formula is C11H18N4O2. The molecule has 6 nitrogen and oxygen atoms in total. The zero-order valence-electron chi connectivity index (χ0n) is 10.7. The Morgan fingerprint density at radius 1 is 1.24 bits per heavy atom. The zero-order valence-corrected chi connectivity index (χ0v) is 10.7. The summed E-state index contributed by atoms with van der Waals surface area (Å²) in [6.07, 6.45) is 1.57. The van der Waals surface area contributed by atoms with Gasteiger partial charge in [-0.2, -0.15) is 0 Å². The lowest BCUT2D eigenvalue weighted by Gasteiger charge is -2.10. The van der Waals surface area contributed by atoms with Gasteiger partial charge in [0.15, 0.2) is 0 Å². The summed E-state index contributed by atoms with van der Waals surface area (Å²) in [4.78, 5) is 29.5. The van der Waals surface area contributed by atoms with Crippen molar-refractivity contribution in [1.82, 2.24) is 14.0 Å². The molecule has 1 aromatic rings. The van der Waals surface area contributed by atoms with Crippen molar-refractivity contribution in [2.45, 2.75) is 26.9 Å². The molecule has 0 aliphatic heterocycles. The van der Waals surface area contributed by atoms with Gasteiger partial charge in [0.05, 0.1) is 6.34 Å². The molecule has 1 heterocycles. The maximum absolute atomic E-state index is 12.0. The van der Waals surface area contributed by atoms with Crippen LogP contribution in [0.1, 0.15) is 13.8 Å². The minimum atomic E-state index is -0.312. The van der Waals surface area contributed by atoms with Crippen LogP contribution in [0.15, 0.2) is 20.6 Å². The predicted molar refractivity (Wildman–Crippen MR) is 68.1 cm³/mol. The molecule has 17 heavy (non-hydrogen) atoms. The van der Waals surface area contributed by atoms with Gasteiger partial charge in [0, 0.05) is 33.3 Å². The molecule has 0 bridgehead atoms. The summed E-state index contributed by atoms with van der Waals surface area (Å²) < 4.78 is 2.67. The molecule has 0 fully saturated rings. The Morgan fingerprint density at radius 2 is 1.82 bits per heavy atom. The van der Waals surface area contributed by atoms with Gasteiger partial charge in [-0.15, -0.1) is 0 Å². The number of aromatic nitrogens is 2. The zero-order chi connectivity index (χ0) is 13.0. The standard InChI is InChI=1S/C11H18N4O2/c1-5-14-9(12-8-13(3)4)7-10(16)15(6-2)11(14)17/h7-8H,5-6H2,1-4H3. The molecule has 6 heteroatoms. The van der Waals surface area contributed by atoms with Gasteiger partial charge < -0.3 is 4.90 Å². The minimum Gasteiger partial charge on any atom is -0.369 e. The fourth-order valence-electron chi connectivity index (χ4n) is 1.47. The average Bonchev–Trinajstić information content (AvgIpc) is 2.26. The molecule has 0 aliphatic rings. The second-order valence-electron chi connectivity index (χ2n) is 3.82. The second kappa shape index (κ2) is 5.47. The lowest BCUT2D eigenvalue weighted by molar-refractivity contribution is 0.588. The Balaban J connectivity index is 3.42. The molecule has 0 saturated heterocycles. The Kier molecular flexibility index (Phi) is 4.25. The van der Waals surface area contributed by atoms with Crippen LogP contribution in [-0.4, -0.2) is 34.5 Å². The largest absolute Gasteiger partial charge is 0.369 e. The number of hydrogen-bond acceptors (Lipinski definition) is 3. The molecule has 0 atom stereocenters. The first-order valence-corrected chi connectivity index (χ1v) is 5.56. The van der Waals surface area contributed by atoms with Crippen LogP contribution in [0.4, 0.5) is 5.82 Å². The summed E-state index contributed by atoms with van der Waals surface area (Å²) in [6, 6.07) is 1.38. The first kappa shape index (κ1) is 13.2. The lowest BCUT2D eigenvalue weighted by Crippen LogP contribution is -2.38. The average molecular weight is 238 g/mol. The first-order chi connectivity index (χ1) is 8.01. The third-order valence-corrected chi connectivity index (χ3v) is 2.31. The second-order valence-corrected chi connectivity index (χ2v) is 3.82. The van der Waals surface area contributed by atoms with Crippen LogP contribution in [0.2, 0.25) is 0 Å². The summed E-state index contributed by atoms with van der Waals surface area (Å²) in [7, 11) is 3.65. The molecule has 0 spiro atoms. The fourth-order valence-corrected chi connectivity index (χ4v) is 1.47. The molecule has 0 amide bonds. The smallest absolute Gasteiger partial charge is 0.332 e. The van der Waals surface area contributed by atoms with E-state index in [1.54, 1.807) is 18.2 Å². The number of hydrogen-bond donors (Lipinski definition) is 0. The van der Waals surface area contributed by atoms with E-state index in [4.69, 9.17) is 0 Å². The van der Waals surface area contributed by atoms with E-state index in [0.717, 1.165) is 0 Å². The summed E-state index contributed by atoms with van der Waals surface area (Å²) in [5, 5.41) is 0. The van der Waals surface area contributed by atoms with E-state index in [1.807, 2.05) is 21.0 Å². The highest BCUT2D eigenvalue weighted by Crippen LogP contribution is 2.05. The quantitative estimate of drug-likeness (QED) is 0.559. The van der Waals surface area contributed by atoms with Gasteiger partial charge >= 0.3 is 5.69 Å². The van der Waals surface area contributed by atoms with Crippen molar-refractivity contribution in [2.24, 2.45) is 4.99 Å². The summed E-state index contributed by atoms with van der Waals surface area (Å²) >= 11 is 0. The van der Waals surface area contributed by atoms with Gasteiger partial charge in [-0.3, -0.25) is 13.9 Å². The molecule has 0 radical (unpaired) electrons. The van der Waals surface area contributed by atoms with Crippen LogP contribution >= 0.6 is 0 Å². The van der Waals surface area contributed by atoms with Crippen LogP contribution in [0.25, 0.3) is 0 Å². The van der Waals surface area contributed by atoms with E-state index >= 15 is 0 Å². The molecular weight excluding hydrogens is 220 g/mol. The van der Waals surface area contributed by atoms with Crippen molar-refractivity contribution in [3.63, 3.8) is 0 Å². The molecule has 0 aliphatic carbocycles. The van der Waals surface area contributed by atoms with Crippen LogP contribution in [0.5, 0.6) is 0 Å². The number of nitrogens with zero attached hydrogens (tertiary/aromatic N) is 4. The van der Waals surface area contributed by atoms with E-state index in [1.165, 1.54) is 15.2 Å². The van der Waals surface area contributed by atoms with E-state index in [9.17, 15) is 9.59 Å². The molecule has 0 N–H and O–H groups in total. The van der Waals surface area contributed by atoms with E-state index in [2.05, 4.69) is 4.99 Å². The van der Waals surface area contributed by atoms with Crippen molar-refractivity contribution in [3.8, 4) is 0 Å². The number of aliphatic imine (C=N–C) groups is 1. The van der Waals surface area contributed by atoms with Crippen LogP contribution in [0, 0.1) is 0 Å². The summed E-state index contributed by atoms with van der Waals surface area (Å²) in [5.41, 5.74) is -0.624. The number of rotatable bonds is 4. The molecule has 0 unspecified atom stereocenters. The SMILES string of the molecule is CCn1c(N=CN(C)C)cc(=O)n(CC)c1=O. The van der Waals surface area contributed by atoms with Gasteiger partial charge in [0.25, 0.3) is 5.56 Å². The van der Waals surface area contributed by atoms with E-state index in [0.29, 0.717) is 18.9 Å². The van der Waals surface area contributed by atoms with Crippen LogP contribution in [-0.2, 0) is 13.1 Å². The van der Waals surface area contributed by atoms with Crippen LogP contribution in [0.3, 0.4) is 0 Å². The topological polar surface area (TPSA) is 59.6 Å². The highest BCUT2D eigenvalue weighted by Gasteiger charge is 2.07. The summed E-state index contributed by atoms with van der Waals surface area (Å²) in [5.74, 6) is 0.390. The molecule has 94 valence electrons. The van der Waals surface area contributed by atoms with Crippen molar-refractivity contribution < 1.29 is 0 Å². The molecule has 1 rings (SSSR count). The van der Waals surface area contributed by atoms with Gasteiger partial charge in [-0.05, 0) is 13.8 Å². The monoisotopic (exact) mass is 238 g/mol. The highest BCUT2D eigenvalue weighted by molar-refractivity contribution is 5.58. The first-order valence-electron chi connectivity index (χ1n) is 5.56. The van der Waals surface area contributed by atoms with E-state index in [-0.39, 0.29) is 11.2 Å². The third kappa shape index (κ3) is 2.83. The third-order valence-electron chi connectivity index (χ3n) is 2.31. The molecule has 0 saturated carbocycles. The fraction of sp³-hybridized carbons (Fsp3) is 0.545. The maximum Gasteiger partial charge on any atom is 0.332 e. The Labute approximate surface area is 99.8 Å². The van der Waals surface area contributed by atoms with Crippen LogP contribution < -0.4 is 11.2 Å². The van der Waals surface area contributed by atoms with Crippen molar-refractivity contribution in [3.05, 3.63) is 26.9 Å². The Bertz CT molecular complexity index is 525. The van der Waals surface area contributed by atoms with Crippen molar-refractivity contribution in [2.75, 3.05) is 14.1 Å². The maximum atomic E-state index is 12.0. The highest BCUT2D eigenvalue weighted by atomic mass is 16.2. The van der Waals surface area contributed by atoms with Gasteiger partial charge in [-0.25, -0.2) is 9.79 Å². The Morgan fingerprint density at radius 3 is 2.29 bits per heavy atom. The van der Waals surface area contributed by atoms with Gasteiger partial charge in [0.1, 0.15) is 5.82 Å². The molecule has 0 aromatic carbocycles. The van der Waals surface area contributed by atoms with Crippen molar-refractivity contribution >= 4 is 12.2 Å². The Hall–Kier alpha value is -1.85. The lowest BCUT2D eigenvalue weighted by atomic mass is 10.5. The van der Waals surface area contributed by atoms with Gasteiger partial charge in [0.2, 0.25) is 0 Å². The predicted octanol–water partition coefficient (Wildman–Crippen LogP) is 0.271. The van der Waals surface area contributed by atoms with Crippen molar-refractivity contribution in [1.29, 1.82) is 0 Å². The van der Waals surface area contributed by atoms with E-state index < -0.39 is 0 Å².